The van der Waals surface area contributed by atoms with E-state index in [-0.39, 0.29) is 11.8 Å². The molecular weight excluding hydrogens is 166 g/mol. The molecule has 0 aromatic rings. The minimum absolute atomic E-state index is 0.00463. The highest BCUT2D eigenvalue weighted by Crippen LogP contribution is 2.41. The molecule has 1 fully saturated rings. The molecule has 3 heteroatoms. The second-order valence-corrected chi connectivity index (χ2v) is 5.10. The third kappa shape index (κ3) is 1.26. The zero-order chi connectivity index (χ0) is 10.4. The molecule has 1 amide bonds. The Hall–Kier alpha value is -0.570. The quantitative estimate of drug-likeness (QED) is 0.608. The van der Waals surface area contributed by atoms with Crippen LogP contribution in [0.3, 0.4) is 0 Å². The molecular formula is C10H19NO2. The molecule has 2 unspecified atom stereocenters. The van der Waals surface area contributed by atoms with Crippen LogP contribution in [0.1, 0.15) is 27.7 Å². The Morgan fingerprint density at radius 3 is 2.15 bits per heavy atom. The van der Waals surface area contributed by atoms with E-state index in [2.05, 4.69) is 0 Å². The first-order valence-electron chi connectivity index (χ1n) is 4.69. The Balaban J connectivity index is 3.09. The molecule has 13 heavy (non-hydrogen) atoms. The monoisotopic (exact) mass is 185 g/mol. The first-order chi connectivity index (χ1) is 5.71. The Morgan fingerprint density at radius 2 is 2.00 bits per heavy atom. The van der Waals surface area contributed by atoms with Crippen molar-refractivity contribution < 1.29 is 9.90 Å². The second kappa shape index (κ2) is 2.71. The molecule has 1 aliphatic heterocycles. The lowest BCUT2D eigenvalue weighted by molar-refractivity contribution is -0.156. The van der Waals surface area contributed by atoms with Crippen molar-refractivity contribution in [2.75, 3.05) is 13.6 Å². The molecule has 1 rings (SSSR count). The van der Waals surface area contributed by atoms with E-state index in [1.165, 1.54) is 0 Å². The van der Waals surface area contributed by atoms with Gasteiger partial charge < -0.3 is 10.0 Å². The summed E-state index contributed by atoms with van der Waals surface area (Å²) in [4.78, 5) is 13.4. The van der Waals surface area contributed by atoms with Crippen LogP contribution < -0.4 is 0 Å². The zero-order valence-corrected chi connectivity index (χ0v) is 9.09. The minimum Gasteiger partial charge on any atom is -0.379 e. The van der Waals surface area contributed by atoms with E-state index < -0.39 is 11.0 Å². The van der Waals surface area contributed by atoms with Gasteiger partial charge in [0.2, 0.25) is 0 Å². The number of likely N-dealkylation sites (tertiary alicyclic amines) is 1. The van der Waals surface area contributed by atoms with Crippen LogP contribution in [-0.2, 0) is 4.79 Å². The number of likely N-dealkylation sites (N-methyl/N-ethyl adjacent to an activating group) is 1. The summed E-state index contributed by atoms with van der Waals surface area (Å²) in [6, 6.07) is 0. The van der Waals surface area contributed by atoms with Gasteiger partial charge in [-0.05, 0) is 0 Å². The SMILES string of the molecule is CC1CN(C)C(=O)C1(O)C(C)(C)C. The average molecular weight is 185 g/mol. The van der Waals surface area contributed by atoms with E-state index in [0.717, 1.165) is 0 Å². The Bertz CT molecular complexity index is 232. The summed E-state index contributed by atoms with van der Waals surface area (Å²) in [5, 5.41) is 10.3. The van der Waals surface area contributed by atoms with E-state index in [9.17, 15) is 9.90 Å². The molecule has 0 aromatic carbocycles. The summed E-state index contributed by atoms with van der Waals surface area (Å²) in [6.45, 7) is 8.28. The van der Waals surface area contributed by atoms with E-state index >= 15 is 0 Å². The fourth-order valence-electron chi connectivity index (χ4n) is 2.19. The summed E-state index contributed by atoms with van der Waals surface area (Å²) in [6.07, 6.45) is 0. The number of hydrogen-bond acceptors (Lipinski definition) is 2. The van der Waals surface area contributed by atoms with E-state index in [4.69, 9.17) is 0 Å². The summed E-state index contributed by atoms with van der Waals surface area (Å²) in [7, 11) is 1.74. The highest BCUT2D eigenvalue weighted by atomic mass is 16.3. The highest BCUT2D eigenvalue weighted by Gasteiger charge is 2.56. The molecule has 0 aliphatic carbocycles. The molecule has 1 heterocycles. The summed E-state index contributed by atoms with van der Waals surface area (Å²) in [5.41, 5.74) is -1.59. The molecule has 0 saturated carbocycles. The van der Waals surface area contributed by atoms with Gasteiger partial charge in [-0.3, -0.25) is 4.79 Å². The van der Waals surface area contributed by atoms with Gasteiger partial charge in [-0.15, -0.1) is 0 Å². The summed E-state index contributed by atoms with van der Waals surface area (Å²) >= 11 is 0. The molecule has 1 N–H and O–H groups in total. The molecule has 0 spiro atoms. The predicted molar refractivity (Wildman–Crippen MR) is 51.2 cm³/mol. The van der Waals surface area contributed by atoms with Crippen molar-refractivity contribution in [1.29, 1.82) is 0 Å². The Labute approximate surface area is 79.7 Å². The lowest BCUT2D eigenvalue weighted by Crippen LogP contribution is -2.52. The van der Waals surface area contributed by atoms with Crippen molar-refractivity contribution in [3.8, 4) is 0 Å². The van der Waals surface area contributed by atoms with E-state index in [1.807, 2.05) is 27.7 Å². The number of rotatable bonds is 0. The number of amides is 1. The van der Waals surface area contributed by atoms with E-state index in [1.54, 1.807) is 11.9 Å². The zero-order valence-electron chi connectivity index (χ0n) is 9.09. The van der Waals surface area contributed by atoms with Gasteiger partial charge in [0.25, 0.3) is 5.91 Å². The molecule has 3 nitrogen and oxygen atoms in total. The van der Waals surface area contributed by atoms with Gasteiger partial charge >= 0.3 is 0 Å². The Morgan fingerprint density at radius 1 is 1.54 bits per heavy atom. The van der Waals surface area contributed by atoms with Gasteiger partial charge in [0, 0.05) is 24.9 Å². The molecule has 1 aliphatic rings. The third-order valence-corrected chi connectivity index (χ3v) is 3.08. The molecule has 0 bridgehead atoms. The lowest BCUT2D eigenvalue weighted by atomic mass is 9.71. The second-order valence-electron chi connectivity index (χ2n) is 5.10. The van der Waals surface area contributed by atoms with Crippen molar-refractivity contribution in [3.05, 3.63) is 0 Å². The maximum atomic E-state index is 11.8. The summed E-state index contributed by atoms with van der Waals surface area (Å²) in [5.74, 6) is -0.141. The van der Waals surface area contributed by atoms with Crippen LogP contribution in [0.2, 0.25) is 0 Å². The van der Waals surface area contributed by atoms with Crippen molar-refractivity contribution >= 4 is 5.91 Å². The van der Waals surface area contributed by atoms with Gasteiger partial charge in [-0.1, -0.05) is 27.7 Å². The smallest absolute Gasteiger partial charge is 0.255 e. The normalized spacial score (nSPS) is 35.7. The highest BCUT2D eigenvalue weighted by molar-refractivity contribution is 5.88. The van der Waals surface area contributed by atoms with Crippen LogP contribution in [0.25, 0.3) is 0 Å². The topological polar surface area (TPSA) is 40.5 Å². The number of carbonyl (C=O) groups excluding carboxylic acids is 1. The molecule has 0 radical (unpaired) electrons. The Kier molecular flexibility index (Phi) is 2.19. The van der Waals surface area contributed by atoms with Crippen LogP contribution in [0.5, 0.6) is 0 Å². The summed E-state index contributed by atoms with van der Waals surface area (Å²) < 4.78 is 0. The molecule has 2 atom stereocenters. The van der Waals surface area contributed by atoms with Crippen molar-refractivity contribution in [2.24, 2.45) is 11.3 Å². The van der Waals surface area contributed by atoms with Gasteiger partial charge in [0.05, 0.1) is 0 Å². The van der Waals surface area contributed by atoms with Crippen LogP contribution in [-0.4, -0.2) is 35.1 Å². The average Bonchev–Trinajstić information content (AvgIpc) is 2.14. The van der Waals surface area contributed by atoms with Gasteiger partial charge in [0.15, 0.2) is 5.60 Å². The van der Waals surface area contributed by atoms with Crippen LogP contribution in [0, 0.1) is 11.3 Å². The molecule has 76 valence electrons. The minimum atomic E-state index is -1.19. The van der Waals surface area contributed by atoms with Gasteiger partial charge in [-0.25, -0.2) is 0 Å². The van der Waals surface area contributed by atoms with Gasteiger partial charge in [0.1, 0.15) is 0 Å². The largest absolute Gasteiger partial charge is 0.379 e. The first kappa shape index (κ1) is 10.5. The van der Waals surface area contributed by atoms with Crippen LogP contribution in [0.4, 0.5) is 0 Å². The first-order valence-corrected chi connectivity index (χ1v) is 4.69. The maximum Gasteiger partial charge on any atom is 0.255 e. The van der Waals surface area contributed by atoms with E-state index in [0.29, 0.717) is 6.54 Å². The maximum absolute atomic E-state index is 11.8. The van der Waals surface area contributed by atoms with Crippen LogP contribution >= 0.6 is 0 Å². The van der Waals surface area contributed by atoms with Crippen molar-refractivity contribution in [3.63, 3.8) is 0 Å². The molecule has 1 saturated heterocycles. The standard InChI is InChI=1S/C10H19NO2/c1-7-6-11(5)8(12)10(7,13)9(2,3)4/h7,13H,6H2,1-5H3. The number of aliphatic hydroxyl groups is 1. The van der Waals surface area contributed by atoms with Crippen molar-refractivity contribution in [2.45, 2.75) is 33.3 Å². The molecule has 0 aromatic heterocycles. The number of hydrogen-bond donors (Lipinski definition) is 1. The fourth-order valence-corrected chi connectivity index (χ4v) is 2.19. The number of nitrogens with zero attached hydrogens (tertiary/aromatic N) is 1. The number of carbonyl (C=O) groups is 1. The van der Waals surface area contributed by atoms with Crippen molar-refractivity contribution in [1.82, 2.24) is 4.90 Å². The fraction of sp³-hybridized carbons (Fsp3) is 0.900. The predicted octanol–water partition coefficient (Wildman–Crippen LogP) is 0.872. The third-order valence-electron chi connectivity index (χ3n) is 3.08. The van der Waals surface area contributed by atoms with Crippen LogP contribution in [0.15, 0.2) is 0 Å². The van der Waals surface area contributed by atoms with Gasteiger partial charge in [-0.2, -0.15) is 0 Å². The lowest BCUT2D eigenvalue weighted by Gasteiger charge is -2.37.